The molecule has 0 aliphatic carbocycles. The number of nitro groups is 1. The van der Waals surface area contributed by atoms with Crippen molar-refractivity contribution >= 4 is 11.8 Å². The van der Waals surface area contributed by atoms with Crippen LogP contribution in [0, 0.1) is 10.1 Å². The van der Waals surface area contributed by atoms with Crippen LogP contribution in [0.1, 0.15) is 26.5 Å². The summed E-state index contributed by atoms with van der Waals surface area (Å²) in [4.78, 5) is 24.8. The molecule has 0 aliphatic heterocycles. The Kier molecular flexibility index (Phi) is 4.36. The summed E-state index contributed by atoms with van der Waals surface area (Å²) in [5, 5.41) is 10.3. The van der Waals surface area contributed by atoms with Gasteiger partial charge in [-0.05, 0) is 26.8 Å². The largest absolute Gasteiger partial charge is 0.442 e. The Labute approximate surface area is 109 Å². The number of amides is 1. The molecule has 0 saturated heterocycles. The van der Waals surface area contributed by atoms with Crippen molar-refractivity contribution in [2.75, 3.05) is 0 Å². The smallest absolute Gasteiger partial charge is 0.439 e. The summed E-state index contributed by atoms with van der Waals surface area (Å²) in [5.41, 5.74) is -0.824. The molecule has 8 heteroatoms. The normalized spacial score (nSPS) is 10.9. The Morgan fingerprint density at radius 2 is 2.16 bits per heavy atom. The summed E-state index contributed by atoms with van der Waals surface area (Å²) in [7, 11) is 0. The van der Waals surface area contributed by atoms with E-state index in [9.17, 15) is 19.4 Å². The Hall–Kier alpha value is -2.25. The molecule has 104 valence electrons. The van der Waals surface area contributed by atoms with E-state index in [0.29, 0.717) is 0 Å². The Morgan fingerprint density at radius 3 is 2.58 bits per heavy atom. The van der Waals surface area contributed by atoms with E-state index in [0.717, 1.165) is 6.20 Å². The number of rotatable bonds is 3. The van der Waals surface area contributed by atoms with Crippen LogP contribution in [0.3, 0.4) is 0 Å². The first kappa shape index (κ1) is 14.8. The van der Waals surface area contributed by atoms with Crippen LogP contribution < -0.4 is 0 Å². The number of carbonyl (C=O) groups excluding carboxylic acids is 1. The van der Waals surface area contributed by atoms with Gasteiger partial charge in [-0.3, -0.25) is 15.1 Å². The first-order valence-corrected chi connectivity index (χ1v) is 5.44. The van der Waals surface area contributed by atoms with Crippen molar-refractivity contribution < 1.29 is 18.9 Å². The molecule has 0 aliphatic rings. The molecule has 0 aromatic carbocycles. The van der Waals surface area contributed by atoms with Gasteiger partial charge in [0.15, 0.2) is 0 Å². The summed E-state index contributed by atoms with van der Waals surface area (Å²) in [5.74, 6) is 0. The lowest BCUT2D eigenvalue weighted by atomic mass is 10.2. The van der Waals surface area contributed by atoms with Gasteiger partial charge in [-0.25, -0.2) is 4.79 Å². The van der Waals surface area contributed by atoms with Crippen LogP contribution in [0.15, 0.2) is 18.3 Å². The minimum atomic E-state index is -1.13. The highest BCUT2D eigenvalue weighted by molar-refractivity contribution is 5.66. The maximum atomic E-state index is 13.5. The minimum absolute atomic E-state index is 0.139. The van der Waals surface area contributed by atoms with Crippen LogP contribution in [-0.2, 0) is 11.3 Å². The molecule has 0 fully saturated rings. The van der Waals surface area contributed by atoms with Crippen LogP contribution in [0.5, 0.6) is 0 Å². The van der Waals surface area contributed by atoms with E-state index >= 15 is 0 Å². The zero-order chi connectivity index (χ0) is 14.6. The second-order valence-corrected chi connectivity index (χ2v) is 4.77. The molecule has 0 spiro atoms. The van der Waals surface area contributed by atoms with E-state index in [4.69, 9.17) is 4.74 Å². The highest BCUT2D eigenvalue weighted by atomic mass is 19.2. The number of hydrogen-bond donors (Lipinski definition) is 0. The van der Waals surface area contributed by atoms with E-state index in [1.54, 1.807) is 20.8 Å². The lowest BCUT2D eigenvalue weighted by molar-refractivity contribution is -0.385. The number of pyridine rings is 1. The lowest BCUT2D eigenvalue weighted by Gasteiger charge is -2.21. The Bertz CT molecular complexity index is 470. The summed E-state index contributed by atoms with van der Waals surface area (Å²) in [6, 6.07) is 2.46. The molecule has 1 aromatic heterocycles. The van der Waals surface area contributed by atoms with Gasteiger partial charge >= 0.3 is 6.09 Å². The second-order valence-electron chi connectivity index (χ2n) is 4.77. The number of nitrogens with zero attached hydrogens (tertiary/aromatic N) is 3. The average molecular weight is 271 g/mol. The third-order valence-corrected chi connectivity index (χ3v) is 1.91. The minimum Gasteiger partial charge on any atom is -0.442 e. The van der Waals surface area contributed by atoms with Crippen LogP contribution in [0.4, 0.5) is 15.0 Å². The van der Waals surface area contributed by atoms with E-state index in [2.05, 4.69) is 4.98 Å². The highest BCUT2D eigenvalue weighted by Gasteiger charge is 2.22. The fourth-order valence-electron chi connectivity index (χ4n) is 1.14. The predicted molar refractivity (Wildman–Crippen MR) is 63.8 cm³/mol. The molecule has 0 saturated carbocycles. The SMILES string of the molecule is CC(C)(C)OC(=O)N(F)Cc1ccc([N+](=O)[O-])cn1. The maximum Gasteiger partial charge on any atom is 0.439 e. The first-order chi connectivity index (χ1) is 8.69. The molecule has 0 unspecified atom stereocenters. The molecule has 1 rings (SSSR count). The number of aromatic nitrogens is 1. The zero-order valence-electron chi connectivity index (χ0n) is 10.8. The van der Waals surface area contributed by atoms with Crippen molar-refractivity contribution in [1.82, 2.24) is 10.1 Å². The zero-order valence-corrected chi connectivity index (χ0v) is 10.8. The molecular weight excluding hydrogens is 257 g/mol. The highest BCUT2D eigenvalue weighted by Crippen LogP contribution is 2.14. The van der Waals surface area contributed by atoms with E-state index in [1.165, 1.54) is 12.1 Å². The van der Waals surface area contributed by atoms with Crippen molar-refractivity contribution in [2.45, 2.75) is 32.9 Å². The molecular formula is C11H14FN3O4. The van der Waals surface area contributed by atoms with E-state index < -0.39 is 23.2 Å². The fourth-order valence-corrected chi connectivity index (χ4v) is 1.14. The van der Waals surface area contributed by atoms with Crippen molar-refractivity contribution in [3.8, 4) is 0 Å². The van der Waals surface area contributed by atoms with Gasteiger partial charge in [0.25, 0.3) is 5.69 Å². The third-order valence-electron chi connectivity index (χ3n) is 1.91. The van der Waals surface area contributed by atoms with Crippen LogP contribution in [0.2, 0.25) is 0 Å². The molecule has 0 N–H and O–H groups in total. The van der Waals surface area contributed by atoms with Crippen LogP contribution >= 0.6 is 0 Å². The van der Waals surface area contributed by atoms with Gasteiger partial charge in [0.1, 0.15) is 11.8 Å². The monoisotopic (exact) mass is 271 g/mol. The second kappa shape index (κ2) is 5.59. The number of halogens is 1. The number of carbonyl (C=O) groups is 1. The van der Waals surface area contributed by atoms with Gasteiger partial charge in [-0.15, -0.1) is 5.12 Å². The van der Waals surface area contributed by atoms with Crippen molar-refractivity contribution in [1.29, 1.82) is 0 Å². The predicted octanol–water partition coefficient (Wildman–Crippen LogP) is 2.61. The Balaban J connectivity index is 2.64. The van der Waals surface area contributed by atoms with E-state index in [-0.39, 0.29) is 16.5 Å². The van der Waals surface area contributed by atoms with E-state index in [1.807, 2.05) is 0 Å². The quantitative estimate of drug-likeness (QED) is 0.479. The molecule has 0 atom stereocenters. The molecule has 7 nitrogen and oxygen atoms in total. The molecule has 1 aromatic rings. The first-order valence-electron chi connectivity index (χ1n) is 5.44. The van der Waals surface area contributed by atoms with Crippen molar-refractivity contribution in [3.05, 3.63) is 34.1 Å². The molecule has 19 heavy (non-hydrogen) atoms. The van der Waals surface area contributed by atoms with Gasteiger partial charge in [-0.2, -0.15) is 0 Å². The Morgan fingerprint density at radius 1 is 1.53 bits per heavy atom. The molecule has 0 radical (unpaired) electrons. The number of hydrogen-bond acceptors (Lipinski definition) is 5. The van der Waals surface area contributed by atoms with Gasteiger partial charge in [-0.1, -0.05) is 4.48 Å². The van der Waals surface area contributed by atoms with Gasteiger partial charge in [0.2, 0.25) is 0 Å². The van der Waals surface area contributed by atoms with Crippen LogP contribution in [-0.4, -0.2) is 26.7 Å². The summed E-state index contributed by atoms with van der Waals surface area (Å²) in [6.07, 6.45) is -0.134. The average Bonchev–Trinajstić information content (AvgIpc) is 2.27. The van der Waals surface area contributed by atoms with Gasteiger partial charge < -0.3 is 4.74 Å². The molecule has 1 heterocycles. The fraction of sp³-hybridized carbons (Fsp3) is 0.455. The summed E-state index contributed by atoms with van der Waals surface area (Å²) < 4.78 is 18.3. The molecule has 1 amide bonds. The van der Waals surface area contributed by atoms with Gasteiger partial charge in [0.05, 0.1) is 17.2 Å². The molecule has 0 bridgehead atoms. The lowest BCUT2D eigenvalue weighted by Crippen LogP contribution is -2.31. The van der Waals surface area contributed by atoms with Crippen molar-refractivity contribution in [2.24, 2.45) is 0 Å². The maximum absolute atomic E-state index is 13.5. The van der Waals surface area contributed by atoms with Crippen LogP contribution in [0.25, 0.3) is 0 Å². The number of ether oxygens (including phenoxy) is 1. The van der Waals surface area contributed by atoms with Crippen molar-refractivity contribution in [3.63, 3.8) is 0 Å². The summed E-state index contributed by atoms with van der Waals surface area (Å²) >= 11 is 0. The standard InChI is InChI=1S/C11H14FN3O4/c1-11(2,3)19-10(16)14(12)7-8-4-5-9(6-13-8)15(17)18/h4-6H,7H2,1-3H3. The topological polar surface area (TPSA) is 85.6 Å². The summed E-state index contributed by atoms with van der Waals surface area (Å²) in [6.45, 7) is 4.40. The third kappa shape index (κ3) is 4.86. The van der Waals surface area contributed by atoms with Gasteiger partial charge in [0, 0.05) is 6.07 Å².